The topological polar surface area (TPSA) is 104 Å². The van der Waals surface area contributed by atoms with Crippen LogP contribution in [0.3, 0.4) is 0 Å². The van der Waals surface area contributed by atoms with Gasteiger partial charge in [0.25, 0.3) is 0 Å². The largest absolute Gasteiger partial charge is 0.378 e. The molecule has 0 heterocycles. The van der Waals surface area contributed by atoms with Crippen molar-refractivity contribution in [2.45, 2.75) is 50.0 Å². The normalized spacial score (nSPS) is 15.9. The molecule has 4 N–H and O–H groups in total. The SMILES string of the molecule is CC(N(C(=O)C1(C(N)=O)CC1)C(C)C(O)(c1ccccc1)c1ccccc1)C(O)(c1ccccc1)c1ccccc1. The van der Waals surface area contributed by atoms with Gasteiger partial charge in [0.15, 0.2) is 0 Å². The van der Waals surface area contributed by atoms with Crippen LogP contribution in [0.5, 0.6) is 0 Å². The van der Waals surface area contributed by atoms with E-state index in [0.29, 0.717) is 35.1 Å². The summed E-state index contributed by atoms with van der Waals surface area (Å²) in [6.45, 7) is 3.53. The van der Waals surface area contributed by atoms with Crippen LogP contribution in [-0.2, 0) is 20.8 Å². The molecule has 0 aromatic heterocycles. The number of aliphatic hydroxyl groups is 2. The van der Waals surface area contributed by atoms with Crippen molar-refractivity contribution in [2.75, 3.05) is 0 Å². The number of nitrogens with two attached hydrogens (primary N) is 1. The smallest absolute Gasteiger partial charge is 0.238 e. The molecule has 2 unspecified atom stereocenters. The van der Waals surface area contributed by atoms with Crippen molar-refractivity contribution in [3.63, 3.8) is 0 Å². The Morgan fingerprint density at radius 2 is 0.902 bits per heavy atom. The monoisotopic (exact) mass is 548 g/mol. The molecule has 6 nitrogen and oxygen atoms in total. The van der Waals surface area contributed by atoms with E-state index >= 15 is 0 Å². The Hall–Kier alpha value is -4.26. The van der Waals surface area contributed by atoms with E-state index in [1.54, 1.807) is 13.8 Å². The van der Waals surface area contributed by atoms with Crippen molar-refractivity contribution in [3.8, 4) is 0 Å². The van der Waals surface area contributed by atoms with Gasteiger partial charge in [-0.25, -0.2) is 0 Å². The summed E-state index contributed by atoms with van der Waals surface area (Å²) in [6, 6.07) is 34.8. The number of hydrogen-bond acceptors (Lipinski definition) is 4. The van der Waals surface area contributed by atoms with Crippen molar-refractivity contribution in [1.82, 2.24) is 4.90 Å². The Bertz CT molecular complexity index is 1310. The van der Waals surface area contributed by atoms with Crippen molar-refractivity contribution in [1.29, 1.82) is 0 Å². The second kappa shape index (κ2) is 11.0. The van der Waals surface area contributed by atoms with Gasteiger partial charge in [-0.2, -0.15) is 0 Å². The first-order valence-electron chi connectivity index (χ1n) is 14.0. The number of hydrogen-bond donors (Lipinski definition) is 3. The Morgan fingerprint density at radius 3 is 1.12 bits per heavy atom. The highest BCUT2D eigenvalue weighted by atomic mass is 16.3. The number of carbonyl (C=O) groups excluding carboxylic acids is 2. The number of primary amides is 1. The Morgan fingerprint density at radius 1 is 0.634 bits per heavy atom. The fourth-order valence-electron chi connectivity index (χ4n) is 6.09. The van der Waals surface area contributed by atoms with E-state index in [9.17, 15) is 19.8 Å². The zero-order valence-electron chi connectivity index (χ0n) is 23.4. The van der Waals surface area contributed by atoms with E-state index < -0.39 is 40.5 Å². The molecular weight excluding hydrogens is 512 g/mol. The van der Waals surface area contributed by atoms with E-state index in [0.717, 1.165) is 0 Å². The molecule has 1 fully saturated rings. The lowest BCUT2D eigenvalue weighted by Gasteiger charge is -2.49. The number of nitrogens with zero attached hydrogens (tertiary/aromatic N) is 1. The molecule has 1 aliphatic rings. The zero-order chi connectivity index (χ0) is 29.3. The van der Waals surface area contributed by atoms with E-state index in [2.05, 4.69) is 0 Å². The molecular formula is C35H36N2O4. The highest BCUT2D eigenvalue weighted by Crippen LogP contribution is 2.50. The maximum Gasteiger partial charge on any atom is 0.238 e. The molecule has 2 amide bonds. The summed E-state index contributed by atoms with van der Waals surface area (Å²) in [5.74, 6) is -1.20. The van der Waals surface area contributed by atoms with Gasteiger partial charge in [0.2, 0.25) is 11.8 Å². The van der Waals surface area contributed by atoms with E-state index in [-0.39, 0.29) is 0 Å². The third-order valence-corrected chi connectivity index (χ3v) is 8.76. The molecule has 210 valence electrons. The van der Waals surface area contributed by atoms with Gasteiger partial charge in [0, 0.05) is 0 Å². The molecule has 0 bridgehead atoms. The Kier molecular flexibility index (Phi) is 7.56. The summed E-state index contributed by atoms with van der Waals surface area (Å²) >= 11 is 0. The quantitative estimate of drug-likeness (QED) is 0.249. The lowest BCUT2D eigenvalue weighted by molar-refractivity contribution is -0.158. The first-order valence-corrected chi connectivity index (χ1v) is 14.0. The standard InChI is InChI=1S/C35H36N2O4/c1-25(34(40,27-15-7-3-8-16-27)28-17-9-4-10-18-28)37(32(39)33(23-24-33)31(36)38)26(2)35(41,29-19-11-5-12-20-29)30-21-13-6-14-22-30/h3-22,25-26,40-41H,23-24H2,1-2H3,(H2,36,38). The molecule has 0 aliphatic heterocycles. The van der Waals surface area contributed by atoms with Crippen molar-refractivity contribution in [2.24, 2.45) is 11.1 Å². The molecule has 0 radical (unpaired) electrons. The van der Waals surface area contributed by atoms with Crippen LogP contribution in [0, 0.1) is 5.41 Å². The third-order valence-electron chi connectivity index (χ3n) is 8.76. The average Bonchev–Trinajstić information content (AvgIpc) is 3.84. The van der Waals surface area contributed by atoms with Gasteiger partial charge in [-0.1, -0.05) is 121 Å². The minimum atomic E-state index is -1.69. The molecule has 5 rings (SSSR count). The van der Waals surface area contributed by atoms with Gasteiger partial charge >= 0.3 is 0 Å². The average molecular weight is 549 g/mol. The van der Waals surface area contributed by atoms with E-state index in [1.165, 1.54) is 4.90 Å². The second-order valence-electron chi connectivity index (χ2n) is 11.0. The van der Waals surface area contributed by atoms with Crippen LogP contribution >= 0.6 is 0 Å². The van der Waals surface area contributed by atoms with Crippen LogP contribution in [0.2, 0.25) is 0 Å². The summed E-state index contributed by atoms with van der Waals surface area (Å²) in [5, 5.41) is 25.5. The summed E-state index contributed by atoms with van der Waals surface area (Å²) in [5.41, 5.74) is 3.38. The van der Waals surface area contributed by atoms with E-state index in [1.807, 2.05) is 121 Å². The predicted molar refractivity (Wildman–Crippen MR) is 158 cm³/mol. The maximum absolute atomic E-state index is 14.6. The Labute approximate surface area is 241 Å². The summed E-state index contributed by atoms with van der Waals surface area (Å²) in [4.78, 5) is 28.8. The van der Waals surface area contributed by atoms with Gasteiger partial charge in [0.05, 0.1) is 12.1 Å². The molecule has 1 aliphatic carbocycles. The minimum absolute atomic E-state index is 0.321. The second-order valence-corrected chi connectivity index (χ2v) is 11.0. The van der Waals surface area contributed by atoms with E-state index in [4.69, 9.17) is 5.73 Å². The van der Waals surface area contributed by atoms with Gasteiger partial charge in [-0.3, -0.25) is 9.59 Å². The summed E-state index contributed by atoms with van der Waals surface area (Å²) in [6.07, 6.45) is 0.641. The first-order chi connectivity index (χ1) is 19.7. The molecule has 2 atom stereocenters. The minimum Gasteiger partial charge on any atom is -0.378 e. The van der Waals surface area contributed by atoms with Gasteiger partial charge in [-0.15, -0.1) is 0 Å². The third kappa shape index (κ3) is 4.73. The molecule has 0 spiro atoms. The van der Waals surface area contributed by atoms with Crippen LogP contribution < -0.4 is 5.73 Å². The van der Waals surface area contributed by atoms with Crippen molar-refractivity contribution < 1.29 is 19.8 Å². The molecule has 0 saturated heterocycles. The van der Waals surface area contributed by atoms with Crippen molar-refractivity contribution >= 4 is 11.8 Å². The number of benzene rings is 4. The number of amides is 2. The maximum atomic E-state index is 14.6. The first kappa shape index (κ1) is 28.3. The van der Waals surface area contributed by atoms with Gasteiger partial charge in [-0.05, 0) is 48.9 Å². The molecule has 6 heteroatoms. The Balaban J connectivity index is 1.74. The molecule has 41 heavy (non-hydrogen) atoms. The lowest BCUT2D eigenvalue weighted by Crippen LogP contribution is -2.63. The van der Waals surface area contributed by atoms with Crippen LogP contribution in [-0.4, -0.2) is 39.0 Å². The molecule has 1 saturated carbocycles. The van der Waals surface area contributed by atoms with Crippen LogP contribution in [0.25, 0.3) is 0 Å². The van der Waals surface area contributed by atoms with Crippen LogP contribution in [0.15, 0.2) is 121 Å². The summed E-state index contributed by atoms with van der Waals surface area (Å²) < 4.78 is 0. The molecule has 4 aromatic carbocycles. The highest BCUT2D eigenvalue weighted by molar-refractivity contribution is 6.07. The predicted octanol–water partition coefficient (Wildman–Crippen LogP) is 4.73. The van der Waals surface area contributed by atoms with Crippen LogP contribution in [0.1, 0.15) is 48.9 Å². The van der Waals surface area contributed by atoms with Gasteiger partial charge in [0.1, 0.15) is 16.6 Å². The fourth-order valence-corrected chi connectivity index (χ4v) is 6.09. The zero-order valence-corrected chi connectivity index (χ0v) is 23.4. The van der Waals surface area contributed by atoms with Gasteiger partial charge < -0.3 is 20.8 Å². The number of carbonyl (C=O) groups is 2. The highest BCUT2D eigenvalue weighted by Gasteiger charge is 2.61. The lowest BCUT2D eigenvalue weighted by atomic mass is 9.75. The fraction of sp³-hybridized carbons (Fsp3) is 0.257. The summed E-state index contributed by atoms with van der Waals surface area (Å²) in [7, 11) is 0. The number of rotatable bonds is 10. The van der Waals surface area contributed by atoms with Crippen LogP contribution in [0.4, 0.5) is 0 Å². The molecule has 4 aromatic rings. The van der Waals surface area contributed by atoms with Crippen molar-refractivity contribution in [3.05, 3.63) is 144 Å².